The minimum Gasteiger partial charge on any atom is -0.493 e. The normalized spacial score (nSPS) is 12.9. The average molecular weight is 600 g/mol. The van der Waals surface area contributed by atoms with Crippen molar-refractivity contribution in [2.24, 2.45) is 5.10 Å². The van der Waals surface area contributed by atoms with Crippen molar-refractivity contribution in [2.45, 2.75) is 24.8 Å². The largest absolute Gasteiger partial charge is 0.493 e. The molecule has 0 fully saturated rings. The molecular formula is C22H16F7IN2O2. The van der Waals surface area contributed by atoms with Crippen molar-refractivity contribution in [3.8, 4) is 11.5 Å². The summed E-state index contributed by atoms with van der Waals surface area (Å²) < 4.78 is 101. The summed E-state index contributed by atoms with van der Waals surface area (Å²) in [4.78, 5) is 0. The van der Waals surface area contributed by atoms with E-state index in [1.807, 2.05) is 65.1 Å². The fraction of sp³-hybridized carbons (Fsp3) is 0.227. The van der Waals surface area contributed by atoms with Crippen LogP contribution in [-0.2, 0) is 6.61 Å². The Balaban J connectivity index is 1.78. The van der Waals surface area contributed by atoms with Crippen LogP contribution in [0.25, 0.3) is 10.8 Å². The van der Waals surface area contributed by atoms with E-state index in [1.165, 1.54) is 19.2 Å². The number of hydrazone groups is 1. The maximum absolute atomic E-state index is 13.3. The SMILES string of the molecule is COc1cc(/C=N/NC(F)(F)C(F)(F)C(F)(F)F)cc(I)c1OCc1cccc2ccccc12. The Morgan fingerprint density at radius 1 is 0.971 bits per heavy atom. The maximum atomic E-state index is 13.3. The summed E-state index contributed by atoms with van der Waals surface area (Å²) in [5.74, 6) is -5.81. The van der Waals surface area contributed by atoms with E-state index in [0.29, 0.717) is 21.0 Å². The van der Waals surface area contributed by atoms with Crippen LogP contribution in [0.3, 0.4) is 0 Å². The van der Waals surface area contributed by atoms with Crippen molar-refractivity contribution in [3.63, 3.8) is 0 Å². The molecule has 0 radical (unpaired) electrons. The molecule has 0 saturated heterocycles. The van der Waals surface area contributed by atoms with Gasteiger partial charge < -0.3 is 9.47 Å². The molecule has 0 amide bonds. The first-order valence-electron chi connectivity index (χ1n) is 9.47. The highest BCUT2D eigenvalue weighted by atomic mass is 127. The van der Waals surface area contributed by atoms with E-state index in [9.17, 15) is 30.7 Å². The van der Waals surface area contributed by atoms with Gasteiger partial charge in [-0.05, 0) is 56.6 Å². The highest BCUT2D eigenvalue weighted by Gasteiger charge is 2.73. The zero-order valence-corrected chi connectivity index (χ0v) is 19.4. The average Bonchev–Trinajstić information content (AvgIpc) is 2.77. The molecule has 0 aliphatic rings. The third kappa shape index (κ3) is 5.31. The molecule has 0 spiro atoms. The second-order valence-electron chi connectivity index (χ2n) is 6.98. The number of rotatable bonds is 8. The van der Waals surface area contributed by atoms with E-state index in [0.717, 1.165) is 16.3 Å². The van der Waals surface area contributed by atoms with Gasteiger partial charge in [-0.3, -0.25) is 0 Å². The Hall–Kier alpha value is -2.77. The van der Waals surface area contributed by atoms with Gasteiger partial charge in [0.15, 0.2) is 11.5 Å². The van der Waals surface area contributed by atoms with Crippen molar-refractivity contribution >= 4 is 39.6 Å². The Morgan fingerprint density at radius 3 is 2.32 bits per heavy atom. The molecule has 3 aromatic carbocycles. The number of hydrogen-bond donors (Lipinski definition) is 1. The van der Waals surface area contributed by atoms with Crippen LogP contribution in [0.1, 0.15) is 11.1 Å². The molecule has 0 aromatic heterocycles. The fourth-order valence-electron chi connectivity index (χ4n) is 2.96. The fourth-order valence-corrected chi connectivity index (χ4v) is 3.74. The molecule has 0 aliphatic heterocycles. The molecule has 0 heterocycles. The molecule has 34 heavy (non-hydrogen) atoms. The van der Waals surface area contributed by atoms with Gasteiger partial charge in [-0.15, -0.1) is 0 Å². The van der Waals surface area contributed by atoms with E-state index in [-0.39, 0.29) is 17.9 Å². The smallest absolute Gasteiger partial charge is 0.462 e. The summed E-state index contributed by atoms with van der Waals surface area (Å²) in [7, 11) is 1.33. The number of hydrogen-bond acceptors (Lipinski definition) is 4. The second kappa shape index (κ2) is 9.84. The van der Waals surface area contributed by atoms with E-state index in [2.05, 4.69) is 5.10 Å². The molecule has 3 aromatic rings. The van der Waals surface area contributed by atoms with Crippen molar-refractivity contribution in [3.05, 3.63) is 69.3 Å². The zero-order chi connectivity index (χ0) is 25.1. The van der Waals surface area contributed by atoms with E-state index >= 15 is 0 Å². The molecule has 182 valence electrons. The minimum atomic E-state index is -6.46. The van der Waals surface area contributed by atoms with Crippen LogP contribution >= 0.6 is 22.6 Å². The van der Waals surface area contributed by atoms with Crippen molar-refractivity contribution < 1.29 is 40.2 Å². The molecule has 12 heteroatoms. The lowest BCUT2D eigenvalue weighted by atomic mass is 10.1. The summed E-state index contributed by atoms with van der Waals surface area (Å²) in [5.41, 5.74) is 1.58. The number of alkyl halides is 7. The molecule has 4 nitrogen and oxygen atoms in total. The number of nitrogens with one attached hydrogen (secondary N) is 1. The van der Waals surface area contributed by atoms with Crippen molar-refractivity contribution in [1.82, 2.24) is 5.43 Å². The van der Waals surface area contributed by atoms with Crippen LogP contribution in [0.5, 0.6) is 11.5 Å². The molecular weight excluding hydrogens is 584 g/mol. The number of benzene rings is 3. The Labute approximate surface area is 202 Å². The van der Waals surface area contributed by atoms with Crippen LogP contribution < -0.4 is 14.9 Å². The molecule has 0 aliphatic carbocycles. The quantitative estimate of drug-likeness (QED) is 0.102. The molecule has 0 bridgehead atoms. The molecule has 0 saturated carbocycles. The number of ether oxygens (including phenoxy) is 2. The lowest BCUT2D eigenvalue weighted by Crippen LogP contribution is -2.58. The number of halogens is 8. The monoisotopic (exact) mass is 600 g/mol. The van der Waals surface area contributed by atoms with Crippen molar-refractivity contribution in [1.29, 1.82) is 0 Å². The van der Waals surface area contributed by atoms with Crippen LogP contribution in [0, 0.1) is 3.57 Å². The molecule has 3 rings (SSSR count). The number of nitrogens with zero attached hydrogens (tertiary/aromatic N) is 1. The van der Waals surface area contributed by atoms with Gasteiger partial charge in [0, 0.05) is 0 Å². The Morgan fingerprint density at radius 2 is 1.65 bits per heavy atom. The number of fused-ring (bicyclic) bond motifs is 1. The van der Waals surface area contributed by atoms with Gasteiger partial charge in [0.1, 0.15) is 6.61 Å². The first-order valence-corrected chi connectivity index (χ1v) is 10.5. The van der Waals surface area contributed by atoms with Crippen molar-refractivity contribution in [2.75, 3.05) is 7.11 Å². The molecule has 0 atom stereocenters. The lowest BCUT2D eigenvalue weighted by molar-refractivity contribution is -0.361. The van der Waals surface area contributed by atoms with E-state index in [4.69, 9.17) is 9.47 Å². The Kier molecular flexibility index (Phi) is 7.48. The maximum Gasteiger partial charge on any atom is 0.462 e. The summed E-state index contributed by atoms with van der Waals surface area (Å²) in [6.45, 7) is 0.182. The van der Waals surface area contributed by atoms with Gasteiger partial charge in [0.2, 0.25) is 0 Å². The van der Waals surface area contributed by atoms with Crippen LogP contribution in [0.15, 0.2) is 59.7 Å². The lowest BCUT2D eigenvalue weighted by Gasteiger charge is -2.27. The van der Waals surface area contributed by atoms with Gasteiger partial charge >= 0.3 is 18.1 Å². The van der Waals surface area contributed by atoms with Gasteiger partial charge in [-0.2, -0.15) is 35.8 Å². The van der Waals surface area contributed by atoms with E-state index in [1.54, 1.807) is 0 Å². The van der Waals surface area contributed by atoms with Gasteiger partial charge in [-0.25, -0.2) is 5.43 Å². The summed E-state index contributed by atoms with van der Waals surface area (Å²) in [6, 6.07) is 10.5. The summed E-state index contributed by atoms with van der Waals surface area (Å²) >= 11 is 1.88. The van der Waals surface area contributed by atoms with E-state index < -0.39 is 18.1 Å². The third-order valence-electron chi connectivity index (χ3n) is 4.67. The standard InChI is InChI=1S/C22H16F7IN2O2/c1-33-18-10-13(11-31-32-22(28,29)20(23,24)21(25,26)27)9-17(30)19(18)34-12-15-7-4-6-14-5-2-3-8-16(14)15/h2-11,32H,12H2,1H3/b31-11+. The third-order valence-corrected chi connectivity index (χ3v) is 5.47. The second-order valence-corrected chi connectivity index (χ2v) is 8.14. The predicted octanol–water partition coefficient (Wildman–Crippen LogP) is 6.75. The predicted molar refractivity (Wildman–Crippen MR) is 121 cm³/mol. The Bertz CT molecular complexity index is 1190. The summed E-state index contributed by atoms with van der Waals surface area (Å²) in [5, 5.41) is 4.88. The van der Waals surface area contributed by atoms with Crippen LogP contribution in [0.2, 0.25) is 0 Å². The molecule has 1 N–H and O–H groups in total. The highest BCUT2D eigenvalue weighted by Crippen LogP contribution is 2.45. The first-order chi connectivity index (χ1) is 15.9. The van der Waals surface area contributed by atoms with Gasteiger partial charge in [0.05, 0.1) is 16.9 Å². The molecule has 0 unspecified atom stereocenters. The summed E-state index contributed by atoms with van der Waals surface area (Å²) in [6.07, 6.45) is -5.79. The number of methoxy groups -OCH3 is 1. The first kappa shape index (κ1) is 25.8. The van der Waals surface area contributed by atoms with Crippen LogP contribution in [0.4, 0.5) is 30.7 Å². The van der Waals surface area contributed by atoms with Gasteiger partial charge in [0.25, 0.3) is 0 Å². The van der Waals surface area contributed by atoms with Crippen LogP contribution in [-0.4, -0.2) is 31.5 Å². The topological polar surface area (TPSA) is 42.8 Å². The zero-order valence-electron chi connectivity index (χ0n) is 17.3. The van der Waals surface area contributed by atoms with Gasteiger partial charge in [-0.1, -0.05) is 42.5 Å². The minimum absolute atomic E-state index is 0.0948. The highest BCUT2D eigenvalue weighted by molar-refractivity contribution is 14.1.